The van der Waals surface area contributed by atoms with Gasteiger partial charge in [0.05, 0.1) is 17.4 Å². The van der Waals surface area contributed by atoms with E-state index in [0.29, 0.717) is 0 Å². The van der Waals surface area contributed by atoms with Gasteiger partial charge >= 0.3 is 6.18 Å². The second-order valence-corrected chi connectivity index (χ2v) is 4.04. The third kappa shape index (κ3) is 3.00. The smallest absolute Gasteiger partial charge is 0.416 e. The van der Waals surface area contributed by atoms with E-state index in [0.717, 1.165) is 6.07 Å². The van der Waals surface area contributed by atoms with E-state index in [-0.39, 0.29) is 23.4 Å². The van der Waals surface area contributed by atoms with Crippen LogP contribution >= 0.6 is 0 Å². The molecule has 0 bridgehead atoms. The van der Waals surface area contributed by atoms with Crippen LogP contribution in [0.2, 0.25) is 0 Å². The number of furan rings is 1. The number of amides is 1. The van der Waals surface area contributed by atoms with Crippen molar-refractivity contribution in [1.29, 1.82) is 0 Å². The van der Waals surface area contributed by atoms with Crippen LogP contribution in [0.15, 0.2) is 41.2 Å². The number of nitrogens with two attached hydrogens (primary N) is 1. The van der Waals surface area contributed by atoms with Crippen molar-refractivity contribution in [3.63, 3.8) is 0 Å². The Balaban J connectivity index is 2.28. The Hall–Kier alpha value is -2.28. The van der Waals surface area contributed by atoms with E-state index in [9.17, 15) is 18.0 Å². The highest BCUT2D eigenvalue weighted by atomic mass is 19.4. The molecule has 0 saturated heterocycles. The molecule has 0 atom stereocenters. The SMILES string of the molecule is NCc1ccc(NC(=O)c2ccoc2)cc1C(F)(F)F. The van der Waals surface area contributed by atoms with Crippen molar-refractivity contribution in [3.05, 3.63) is 53.5 Å². The number of alkyl halides is 3. The van der Waals surface area contributed by atoms with Crippen LogP contribution in [-0.2, 0) is 12.7 Å². The molecule has 0 aliphatic rings. The number of halogens is 3. The molecule has 1 amide bonds. The van der Waals surface area contributed by atoms with Gasteiger partial charge in [-0.2, -0.15) is 13.2 Å². The van der Waals surface area contributed by atoms with Crippen molar-refractivity contribution < 1.29 is 22.4 Å². The van der Waals surface area contributed by atoms with Crippen LogP contribution in [0.3, 0.4) is 0 Å². The Morgan fingerprint density at radius 1 is 1.30 bits per heavy atom. The summed E-state index contributed by atoms with van der Waals surface area (Å²) in [6.45, 7) is -0.231. The van der Waals surface area contributed by atoms with Crippen LogP contribution in [0.25, 0.3) is 0 Å². The molecule has 2 rings (SSSR count). The number of carbonyl (C=O) groups excluding carboxylic acids is 1. The lowest BCUT2D eigenvalue weighted by atomic mass is 10.1. The zero-order valence-corrected chi connectivity index (χ0v) is 10.2. The molecule has 0 spiro atoms. The molecule has 2 aromatic rings. The fourth-order valence-electron chi connectivity index (χ4n) is 1.69. The summed E-state index contributed by atoms with van der Waals surface area (Å²) in [6.07, 6.45) is -2.02. The largest absolute Gasteiger partial charge is 0.472 e. The van der Waals surface area contributed by atoms with Gasteiger partial charge in [-0.05, 0) is 23.8 Å². The normalized spacial score (nSPS) is 11.4. The number of benzene rings is 1. The second kappa shape index (κ2) is 5.38. The predicted molar refractivity (Wildman–Crippen MR) is 66.0 cm³/mol. The van der Waals surface area contributed by atoms with E-state index in [1.54, 1.807) is 0 Å². The van der Waals surface area contributed by atoms with E-state index >= 15 is 0 Å². The monoisotopic (exact) mass is 284 g/mol. The van der Waals surface area contributed by atoms with Gasteiger partial charge in [0.15, 0.2) is 0 Å². The van der Waals surface area contributed by atoms with Crippen LogP contribution in [0.4, 0.5) is 18.9 Å². The lowest BCUT2D eigenvalue weighted by Gasteiger charge is -2.13. The molecule has 1 aromatic heterocycles. The molecule has 0 radical (unpaired) electrons. The molecular formula is C13H11F3N2O2. The molecule has 0 fully saturated rings. The minimum Gasteiger partial charge on any atom is -0.472 e. The summed E-state index contributed by atoms with van der Waals surface area (Å²) in [7, 11) is 0. The third-order valence-corrected chi connectivity index (χ3v) is 2.68. The average Bonchev–Trinajstić information content (AvgIpc) is 2.91. The molecule has 3 N–H and O–H groups in total. The minimum absolute atomic E-state index is 0.0289. The van der Waals surface area contributed by atoms with Crippen molar-refractivity contribution >= 4 is 11.6 Å². The van der Waals surface area contributed by atoms with Gasteiger partial charge in [-0.25, -0.2) is 0 Å². The third-order valence-electron chi connectivity index (χ3n) is 2.68. The molecule has 0 aliphatic heterocycles. The summed E-state index contributed by atoms with van der Waals surface area (Å²) in [5, 5.41) is 2.37. The van der Waals surface area contributed by atoms with Crippen molar-refractivity contribution in [3.8, 4) is 0 Å². The number of rotatable bonds is 3. The maximum absolute atomic E-state index is 12.8. The van der Waals surface area contributed by atoms with Gasteiger partial charge in [0, 0.05) is 12.2 Å². The van der Waals surface area contributed by atoms with E-state index in [1.165, 1.54) is 30.7 Å². The molecule has 20 heavy (non-hydrogen) atoms. The summed E-state index contributed by atoms with van der Waals surface area (Å²) in [5.41, 5.74) is 4.66. The average molecular weight is 284 g/mol. The molecule has 0 saturated carbocycles. The molecular weight excluding hydrogens is 273 g/mol. The fraction of sp³-hybridized carbons (Fsp3) is 0.154. The van der Waals surface area contributed by atoms with Gasteiger partial charge in [-0.15, -0.1) is 0 Å². The van der Waals surface area contributed by atoms with Gasteiger partial charge in [-0.3, -0.25) is 4.79 Å². The van der Waals surface area contributed by atoms with Crippen LogP contribution in [0, 0.1) is 0 Å². The van der Waals surface area contributed by atoms with Gasteiger partial charge in [0.2, 0.25) is 0 Å². The van der Waals surface area contributed by atoms with Gasteiger partial charge in [0.25, 0.3) is 5.91 Å². The predicted octanol–water partition coefficient (Wildman–Crippen LogP) is 3.01. The van der Waals surface area contributed by atoms with Crippen LogP contribution in [-0.4, -0.2) is 5.91 Å². The van der Waals surface area contributed by atoms with Gasteiger partial charge < -0.3 is 15.5 Å². The Bertz CT molecular complexity index is 607. The summed E-state index contributed by atoms with van der Waals surface area (Å²) in [4.78, 5) is 11.7. The molecule has 106 valence electrons. The van der Waals surface area contributed by atoms with Crippen LogP contribution < -0.4 is 11.1 Å². The van der Waals surface area contributed by atoms with E-state index in [1.807, 2.05) is 0 Å². The van der Waals surface area contributed by atoms with E-state index in [4.69, 9.17) is 10.2 Å². The van der Waals surface area contributed by atoms with Crippen molar-refractivity contribution in [1.82, 2.24) is 0 Å². The number of anilines is 1. The van der Waals surface area contributed by atoms with Crippen LogP contribution in [0.5, 0.6) is 0 Å². The number of hydrogen-bond donors (Lipinski definition) is 2. The highest BCUT2D eigenvalue weighted by molar-refractivity contribution is 6.04. The summed E-state index contributed by atoms with van der Waals surface area (Å²) in [5.74, 6) is -0.549. The molecule has 0 unspecified atom stereocenters. The van der Waals surface area contributed by atoms with Gasteiger partial charge in [0.1, 0.15) is 6.26 Å². The topological polar surface area (TPSA) is 68.3 Å². The molecule has 1 aromatic carbocycles. The maximum Gasteiger partial charge on any atom is 0.416 e. The Kier molecular flexibility index (Phi) is 3.80. The highest BCUT2D eigenvalue weighted by Crippen LogP contribution is 2.33. The van der Waals surface area contributed by atoms with Crippen LogP contribution in [0.1, 0.15) is 21.5 Å². The van der Waals surface area contributed by atoms with E-state index in [2.05, 4.69) is 5.32 Å². The first-order valence-corrected chi connectivity index (χ1v) is 5.65. The zero-order valence-electron chi connectivity index (χ0n) is 10.2. The number of carbonyl (C=O) groups is 1. The summed E-state index contributed by atoms with van der Waals surface area (Å²) < 4.78 is 43.3. The Morgan fingerprint density at radius 3 is 2.60 bits per heavy atom. The van der Waals surface area contributed by atoms with Crippen molar-refractivity contribution in [2.45, 2.75) is 12.7 Å². The molecule has 4 nitrogen and oxygen atoms in total. The quantitative estimate of drug-likeness (QED) is 0.910. The first kappa shape index (κ1) is 14.1. The summed E-state index contributed by atoms with van der Waals surface area (Å²) in [6, 6.07) is 4.89. The lowest BCUT2D eigenvalue weighted by Crippen LogP contribution is -2.15. The van der Waals surface area contributed by atoms with E-state index < -0.39 is 17.6 Å². The Labute approximate surface area is 112 Å². The first-order valence-electron chi connectivity index (χ1n) is 5.65. The first-order chi connectivity index (χ1) is 9.41. The molecule has 7 heteroatoms. The Morgan fingerprint density at radius 2 is 2.05 bits per heavy atom. The maximum atomic E-state index is 12.8. The van der Waals surface area contributed by atoms with Crippen molar-refractivity contribution in [2.75, 3.05) is 5.32 Å². The number of nitrogens with one attached hydrogen (secondary N) is 1. The number of hydrogen-bond acceptors (Lipinski definition) is 3. The molecule has 1 heterocycles. The highest BCUT2D eigenvalue weighted by Gasteiger charge is 2.33. The van der Waals surface area contributed by atoms with Gasteiger partial charge in [-0.1, -0.05) is 6.07 Å². The fourth-order valence-corrected chi connectivity index (χ4v) is 1.69. The standard InChI is InChI=1S/C13H11F3N2O2/c14-13(15,16)11-5-10(2-1-8(11)6-17)18-12(19)9-3-4-20-7-9/h1-5,7H,6,17H2,(H,18,19). The lowest BCUT2D eigenvalue weighted by molar-refractivity contribution is -0.138. The minimum atomic E-state index is -4.52. The second-order valence-electron chi connectivity index (χ2n) is 4.04. The van der Waals surface area contributed by atoms with Crippen molar-refractivity contribution in [2.24, 2.45) is 5.73 Å². The zero-order chi connectivity index (χ0) is 14.8. The summed E-state index contributed by atoms with van der Waals surface area (Å²) >= 11 is 0. The molecule has 0 aliphatic carbocycles.